The molecular weight excluding hydrogens is 489 g/mol. The summed E-state index contributed by atoms with van der Waals surface area (Å²) in [5.41, 5.74) is 2.51. The van der Waals surface area contributed by atoms with Gasteiger partial charge < -0.3 is 9.47 Å². The molecule has 0 amide bonds. The van der Waals surface area contributed by atoms with E-state index in [1.807, 2.05) is 12.1 Å². The number of hydrogen-bond acceptors (Lipinski definition) is 5. The molecule has 3 unspecified atom stereocenters. The Morgan fingerprint density at radius 3 is 2.58 bits per heavy atom. The number of rotatable bonds is 8. The maximum absolute atomic E-state index is 12.5. The highest BCUT2D eigenvalue weighted by atomic mass is 32.2. The first-order valence-electron chi connectivity index (χ1n) is 13.1. The summed E-state index contributed by atoms with van der Waals surface area (Å²) in [5, 5.41) is 0. The largest absolute Gasteiger partial charge is 0.462 e. The summed E-state index contributed by atoms with van der Waals surface area (Å²) >= 11 is 1.76. The number of esters is 2. The summed E-state index contributed by atoms with van der Waals surface area (Å²) in [4.78, 5) is 23.3. The van der Waals surface area contributed by atoms with Gasteiger partial charge in [-0.2, -0.15) is 24.9 Å². The molecule has 36 heavy (non-hydrogen) atoms. The molecule has 4 nitrogen and oxygen atoms in total. The van der Waals surface area contributed by atoms with Crippen molar-refractivity contribution in [3.8, 4) is 5.75 Å². The van der Waals surface area contributed by atoms with Gasteiger partial charge in [-0.3, -0.25) is 9.59 Å². The van der Waals surface area contributed by atoms with Crippen molar-refractivity contribution in [1.29, 1.82) is 0 Å². The Morgan fingerprint density at radius 2 is 1.89 bits per heavy atom. The highest BCUT2D eigenvalue weighted by molar-refractivity contribution is 7.99. The van der Waals surface area contributed by atoms with Crippen molar-refractivity contribution in [2.24, 2.45) is 23.2 Å². The van der Waals surface area contributed by atoms with E-state index < -0.39 is 12.6 Å². The Morgan fingerprint density at radius 1 is 1.11 bits per heavy atom. The average molecular weight is 527 g/mol. The first kappa shape index (κ1) is 27.3. The Bertz CT molecular complexity index is 965. The maximum Gasteiger partial charge on any atom is 0.389 e. The van der Waals surface area contributed by atoms with E-state index in [4.69, 9.17) is 9.47 Å². The standard InChI is InChI=1S/C28H37F3O4S/c1-17(32)34-21-6-7-22-19(15-21)14-20(16-36-13-5-4-11-28(29,30)31)26-23(22)10-12-27(3)24(26)8-9-25(27)35-18(2)33/h6-7,15,20,23-26H,4-5,8-14,16H2,1-3H3/t20-,23?,24?,25-,26?,27-/m0/s1. The monoisotopic (exact) mass is 526 g/mol. The van der Waals surface area contributed by atoms with Gasteiger partial charge in [-0.1, -0.05) is 13.0 Å². The molecule has 4 rings (SSSR count). The van der Waals surface area contributed by atoms with Crippen molar-refractivity contribution >= 4 is 23.7 Å². The van der Waals surface area contributed by atoms with Crippen LogP contribution in [0, 0.1) is 23.2 Å². The van der Waals surface area contributed by atoms with E-state index in [0.717, 1.165) is 43.6 Å². The fourth-order valence-electron chi connectivity index (χ4n) is 7.26. The zero-order valence-corrected chi connectivity index (χ0v) is 22.2. The summed E-state index contributed by atoms with van der Waals surface area (Å²) < 4.78 is 48.6. The van der Waals surface area contributed by atoms with Crippen LogP contribution < -0.4 is 4.74 Å². The number of halogens is 3. The number of ether oxygens (including phenoxy) is 2. The normalized spacial score (nSPS) is 31.2. The van der Waals surface area contributed by atoms with E-state index in [-0.39, 0.29) is 29.9 Å². The number of thioether (sulfide) groups is 1. The molecule has 1 aromatic carbocycles. The lowest BCUT2D eigenvalue weighted by Gasteiger charge is -2.53. The van der Waals surface area contributed by atoms with Crippen LogP contribution in [0.15, 0.2) is 18.2 Å². The van der Waals surface area contributed by atoms with Gasteiger partial charge in [0.25, 0.3) is 0 Å². The molecule has 8 heteroatoms. The molecule has 0 aliphatic heterocycles. The van der Waals surface area contributed by atoms with Crippen molar-refractivity contribution in [2.75, 3.05) is 11.5 Å². The Hall–Kier alpha value is -1.70. The van der Waals surface area contributed by atoms with Gasteiger partial charge in [-0.25, -0.2) is 0 Å². The molecular formula is C28H37F3O4S. The molecule has 0 radical (unpaired) electrons. The van der Waals surface area contributed by atoms with Crippen molar-refractivity contribution in [3.63, 3.8) is 0 Å². The maximum atomic E-state index is 12.5. The summed E-state index contributed by atoms with van der Waals surface area (Å²) in [6.07, 6.45) is 0.685. The van der Waals surface area contributed by atoms with Crippen LogP contribution in [0.1, 0.15) is 82.8 Å². The summed E-state index contributed by atoms with van der Waals surface area (Å²) in [7, 11) is 0. The smallest absolute Gasteiger partial charge is 0.389 e. The Kier molecular flexibility index (Phi) is 8.32. The zero-order chi connectivity index (χ0) is 26.1. The van der Waals surface area contributed by atoms with E-state index in [0.29, 0.717) is 35.8 Å². The molecule has 0 bridgehead atoms. The lowest BCUT2D eigenvalue weighted by molar-refractivity contribution is -0.155. The third kappa shape index (κ3) is 6.05. The van der Waals surface area contributed by atoms with Gasteiger partial charge in [0.1, 0.15) is 11.9 Å². The van der Waals surface area contributed by atoms with Crippen LogP contribution in [0.4, 0.5) is 13.2 Å². The van der Waals surface area contributed by atoms with Crippen LogP contribution in [0.5, 0.6) is 5.75 Å². The Labute approximate surface area is 216 Å². The van der Waals surface area contributed by atoms with Crippen LogP contribution in [0.3, 0.4) is 0 Å². The second kappa shape index (κ2) is 11.0. The fraction of sp³-hybridized carbons (Fsp3) is 0.714. The first-order chi connectivity index (χ1) is 17.0. The van der Waals surface area contributed by atoms with Crippen LogP contribution in [0.2, 0.25) is 0 Å². The summed E-state index contributed by atoms with van der Waals surface area (Å²) in [6, 6.07) is 6.00. The number of fused-ring (bicyclic) bond motifs is 5. The molecule has 0 N–H and O–H groups in total. The minimum absolute atomic E-state index is 0.0440. The van der Waals surface area contributed by atoms with Crippen LogP contribution >= 0.6 is 11.8 Å². The third-order valence-corrected chi connectivity index (χ3v) is 9.93. The van der Waals surface area contributed by atoms with Crippen LogP contribution in [-0.4, -0.2) is 35.7 Å². The number of carbonyl (C=O) groups is 2. The predicted molar refractivity (Wildman–Crippen MR) is 134 cm³/mol. The fourth-order valence-corrected chi connectivity index (χ4v) is 8.48. The number of unbranched alkanes of at least 4 members (excludes halogenated alkanes) is 1. The minimum atomic E-state index is -4.09. The van der Waals surface area contributed by atoms with Gasteiger partial charge in [0, 0.05) is 25.7 Å². The van der Waals surface area contributed by atoms with E-state index in [1.54, 1.807) is 11.8 Å². The molecule has 3 aliphatic carbocycles. The molecule has 200 valence electrons. The summed E-state index contributed by atoms with van der Waals surface area (Å²) in [5.74, 6) is 3.28. The van der Waals surface area contributed by atoms with Crippen molar-refractivity contribution in [2.45, 2.75) is 90.3 Å². The number of alkyl halides is 3. The molecule has 0 aromatic heterocycles. The minimum Gasteiger partial charge on any atom is -0.462 e. The van der Waals surface area contributed by atoms with Gasteiger partial charge in [0.05, 0.1) is 0 Å². The average Bonchev–Trinajstić information content (AvgIpc) is 3.10. The molecule has 6 atom stereocenters. The molecule has 0 heterocycles. The zero-order valence-electron chi connectivity index (χ0n) is 21.4. The number of hydrogen-bond donors (Lipinski definition) is 0. The number of carbonyl (C=O) groups excluding carboxylic acids is 2. The molecule has 2 saturated carbocycles. The van der Waals surface area contributed by atoms with Crippen molar-refractivity contribution < 1.29 is 32.2 Å². The van der Waals surface area contributed by atoms with Gasteiger partial charge in [0.15, 0.2) is 0 Å². The van der Waals surface area contributed by atoms with Crippen molar-refractivity contribution in [1.82, 2.24) is 0 Å². The van der Waals surface area contributed by atoms with E-state index in [9.17, 15) is 22.8 Å². The predicted octanol–water partition coefficient (Wildman–Crippen LogP) is 7.09. The molecule has 2 fully saturated rings. The molecule has 0 saturated heterocycles. The van der Waals surface area contributed by atoms with E-state index >= 15 is 0 Å². The lowest BCUT2D eigenvalue weighted by atomic mass is 9.53. The SMILES string of the molecule is CC(=O)Oc1ccc2c(c1)C[C@@H](CSCCCCC(F)(F)F)C1C2CC[C@@]2(C)C1CC[C@@H]2OC(C)=O. The molecule has 0 spiro atoms. The number of benzene rings is 1. The highest BCUT2D eigenvalue weighted by Crippen LogP contribution is 2.63. The highest BCUT2D eigenvalue weighted by Gasteiger charge is 2.58. The van der Waals surface area contributed by atoms with Gasteiger partial charge >= 0.3 is 18.1 Å². The topological polar surface area (TPSA) is 52.6 Å². The van der Waals surface area contributed by atoms with Crippen molar-refractivity contribution in [3.05, 3.63) is 29.3 Å². The first-order valence-corrected chi connectivity index (χ1v) is 14.3. The third-order valence-electron chi connectivity index (χ3n) is 8.69. The molecule has 1 aromatic rings. The van der Waals surface area contributed by atoms with E-state index in [2.05, 4.69) is 13.0 Å². The molecule has 3 aliphatic rings. The van der Waals surface area contributed by atoms with Gasteiger partial charge in [0.2, 0.25) is 0 Å². The quantitative estimate of drug-likeness (QED) is 0.206. The second-order valence-corrected chi connectivity index (χ2v) is 12.2. The van der Waals surface area contributed by atoms with E-state index in [1.165, 1.54) is 25.0 Å². The van der Waals surface area contributed by atoms with Crippen LogP contribution in [0.25, 0.3) is 0 Å². The summed E-state index contributed by atoms with van der Waals surface area (Å²) in [6.45, 7) is 5.17. The van der Waals surface area contributed by atoms with Gasteiger partial charge in [-0.05, 0) is 103 Å². The lowest BCUT2D eigenvalue weighted by Crippen LogP contribution is -2.48. The van der Waals surface area contributed by atoms with Crippen LogP contribution in [-0.2, 0) is 20.7 Å². The van der Waals surface area contributed by atoms with Gasteiger partial charge in [-0.15, -0.1) is 0 Å². The Balaban J connectivity index is 1.53. The second-order valence-electron chi connectivity index (χ2n) is 11.1.